The maximum Gasteiger partial charge on any atom is 0.231 e. The van der Waals surface area contributed by atoms with Crippen LogP contribution < -0.4 is 5.73 Å². The molecule has 1 aromatic heterocycles. The lowest BCUT2D eigenvalue weighted by atomic mass is 10.1. The third-order valence-electron chi connectivity index (χ3n) is 2.85. The number of nitrogens with two attached hydrogens (primary N) is 1. The van der Waals surface area contributed by atoms with Crippen molar-refractivity contribution in [2.45, 2.75) is 25.8 Å². The van der Waals surface area contributed by atoms with Crippen LogP contribution >= 0.6 is 0 Å². The molecule has 108 valence electrons. The normalized spacial score (nSPS) is 14.2. The van der Waals surface area contributed by atoms with E-state index in [2.05, 4.69) is 10.1 Å². The maximum absolute atomic E-state index is 12.8. The van der Waals surface area contributed by atoms with Crippen molar-refractivity contribution in [3.63, 3.8) is 0 Å². The Labute approximate surface area is 116 Å². The van der Waals surface area contributed by atoms with Crippen molar-refractivity contribution in [1.29, 1.82) is 0 Å². The summed E-state index contributed by atoms with van der Waals surface area (Å²) in [6.07, 6.45) is 0.442. The average Bonchev–Trinajstić information content (AvgIpc) is 2.88. The first-order valence-electron chi connectivity index (χ1n) is 6.45. The van der Waals surface area contributed by atoms with Gasteiger partial charge < -0.3 is 15.0 Å². The molecular formula is C14H18FN3O2. The number of ether oxygens (including phenoxy) is 1. The highest BCUT2D eigenvalue weighted by Gasteiger charge is 2.27. The third kappa shape index (κ3) is 3.61. The largest absolute Gasteiger partial charge is 0.379 e. The van der Waals surface area contributed by atoms with Crippen molar-refractivity contribution in [3.05, 3.63) is 47.4 Å². The topological polar surface area (TPSA) is 74.2 Å². The van der Waals surface area contributed by atoms with Gasteiger partial charge in [0.15, 0.2) is 5.82 Å². The predicted octanol–water partition coefficient (Wildman–Crippen LogP) is 2.01. The van der Waals surface area contributed by atoms with Gasteiger partial charge in [0, 0.05) is 6.61 Å². The molecule has 1 aromatic carbocycles. The highest BCUT2D eigenvalue weighted by molar-refractivity contribution is 5.19. The number of halogens is 1. The van der Waals surface area contributed by atoms with Gasteiger partial charge in [-0.2, -0.15) is 4.98 Å². The molecule has 0 aliphatic heterocycles. The van der Waals surface area contributed by atoms with E-state index >= 15 is 0 Å². The molecule has 6 heteroatoms. The summed E-state index contributed by atoms with van der Waals surface area (Å²) in [4.78, 5) is 4.28. The predicted molar refractivity (Wildman–Crippen MR) is 71.5 cm³/mol. The molecule has 0 aliphatic carbocycles. The van der Waals surface area contributed by atoms with Crippen LogP contribution in [0, 0.1) is 5.82 Å². The number of rotatable bonds is 6. The van der Waals surface area contributed by atoms with Crippen LogP contribution in [0.5, 0.6) is 0 Å². The highest BCUT2D eigenvalue weighted by Crippen LogP contribution is 2.16. The van der Waals surface area contributed by atoms with Gasteiger partial charge in [0.1, 0.15) is 11.4 Å². The summed E-state index contributed by atoms with van der Waals surface area (Å²) in [5, 5.41) is 3.89. The summed E-state index contributed by atoms with van der Waals surface area (Å²) in [5.41, 5.74) is 6.19. The SMILES string of the molecule is CCOCC(C)(N)c1noc(Cc2ccc(F)cc2)n1. The summed E-state index contributed by atoms with van der Waals surface area (Å²) >= 11 is 0. The molecule has 0 saturated heterocycles. The molecule has 1 unspecified atom stereocenters. The third-order valence-corrected chi connectivity index (χ3v) is 2.85. The molecule has 1 heterocycles. The van der Waals surface area contributed by atoms with Crippen molar-refractivity contribution in [2.24, 2.45) is 5.73 Å². The second-order valence-corrected chi connectivity index (χ2v) is 4.87. The van der Waals surface area contributed by atoms with E-state index in [1.165, 1.54) is 12.1 Å². The minimum atomic E-state index is -0.791. The van der Waals surface area contributed by atoms with Crippen LogP contribution in [0.4, 0.5) is 4.39 Å². The molecule has 0 spiro atoms. The zero-order chi connectivity index (χ0) is 14.6. The lowest BCUT2D eigenvalue weighted by molar-refractivity contribution is 0.0962. The molecule has 0 bridgehead atoms. The molecule has 0 amide bonds. The smallest absolute Gasteiger partial charge is 0.231 e. The van der Waals surface area contributed by atoms with E-state index in [1.807, 2.05) is 6.92 Å². The Morgan fingerprint density at radius 2 is 2.05 bits per heavy atom. The van der Waals surface area contributed by atoms with Crippen molar-refractivity contribution >= 4 is 0 Å². The Hall–Kier alpha value is -1.79. The fourth-order valence-electron chi connectivity index (χ4n) is 1.71. The van der Waals surface area contributed by atoms with E-state index in [0.29, 0.717) is 31.3 Å². The minimum absolute atomic E-state index is 0.272. The first kappa shape index (κ1) is 14.6. The Morgan fingerprint density at radius 1 is 1.35 bits per heavy atom. The van der Waals surface area contributed by atoms with Gasteiger partial charge in [0.25, 0.3) is 0 Å². The van der Waals surface area contributed by atoms with Gasteiger partial charge in [0.05, 0.1) is 13.0 Å². The molecule has 0 radical (unpaired) electrons. The quantitative estimate of drug-likeness (QED) is 0.875. The second kappa shape index (κ2) is 6.11. The van der Waals surface area contributed by atoms with Crippen molar-refractivity contribution in [3.8, 4) is 0 Å². The number of benzene rings is 1. The van der Waals surface area contributed by atoms with Gasteiger partial charge >= 0.3 is 0 Å². The van der Waals surface area contributed by atoms with Gasteiger partial charge in [-0.1, -0.05) is 17.3 Å². The maximum atomic E-state index is 12.8. The van der Waals surface area contributed by atoms with Crippen LogP contribution in [-0.4, -0.2) is 23.4 Å². The van der Waals surface area contributed by atoms with E-state index in [1.54, 1.807) is 19.1 Å². The van der Waals surface area contributed by atoms with Crippen LogP contribution in [-0.2, 0) is 16.7 Å². The Kier molecular flexibility index (Phi) is 4.46. The molecule has 0 saturated carbocycles. The van der Waals surface area contributed by atoms with E-state index in [-0.39, 0.29) is 5.82 Å². The van der Waals surface area contributed by atoms with E-state index in [4.69, 9.17) is 15.0 Å². The van der Waals surface area contributed by atoms with Gasteiger partial charge in [-0.15, -0.1) is 0 Å². The highest BCUT2D eigenvalue weighted by atomic mass is 19.1. The van der Waals surface area contributed by atoms with Crippen LogP contribution in [0.2, 0.25) is 0 Å². The molecule has 20 heavy (non-hydrogen) atoms. The molecule has 2 N–H and O–H groups in total. The summed E-state index contributed by atoms with van der Waals surface area (Å²) in [5.74, 6) is 0.578. The second-order valence-electron chi connectivity index (χ2n) is 4.87. The van der Waals surface area contributed by atoms with Crippen LogP contribution in [0.3, 0.4) is 0 Å². The molecule has 1 atom stereocenters. The van der Waals surface area contributed by atoms with Crippen LogP contribution in [0.15, 0.2) is 28.8 Å². The molecule has 5 nitrogen and oxygen atoms in total. The van der Waals surface area contributed by atoms with E-state index in [9.17, 15) is 4.39 Å². The Bertz CT molecular complexity index is 552. The average molecular weight is 279 g/mol. The molecule has 0 fully saturated rings. The standard InChI is InChI=1S/C14H18FN3O2/c1-3-19-9-14(2,16)13-17-12(20-18-13)8-10-4-6-11(15)7-5-10/h4-7H,3,8-9,16H2,1-2H3. The molecule has 2 rings (SSSR count). The van der Waals surface area contributed by atoms with Gasteiger partial charge in [0.2, 0.25) is 5.89 Å². The summed E-state index contributed by atoms with van der Waals surface area (Å²) in [6.45, 7) is 4.58. The van der Waals surface area contributed by atoms with Crippen molar-refractivity contribution < 1.29 is 13.7 Å². The van der Waals surface area contributed by atoms with Crippen molar-refractivity contribution in [2.75, 3.05) is 13.2 Å². The van der Waals surface area contributed by atoms with E-state index < -0.39 is 5.54 Å². The first-order chi connectivity index (χ1) is 9.51. The monoisotopic (exact) mass is 279 g/mol. The fourth-order valence-corrected chi connectivity index (χ4v) is 1.71. The number of nitrogens with zero attached hydrogens (tertiary/aromatic N) is 2. The Morgan fingerprint density at radius 3 is 2.70 bits per heavy atom. The molecule has 0 aliphatic rings. The zero-order valence-corrected chi connectivity index (χ0v) is 11.6. The Balaban J connectivity index is 2.06. The summed E-state index contributed by atoms with van der Waals surface area (Å²) in [6, 6.07) is 6.16. The number of aromatic nitrogens is 2. The van der Waals surface area contributed by atoms with Crippen molar-refractivity contribution in [1.82, 2.24) is 10.1 Å². The lowest BCUT2D eigenvalue weighted by Gasteiger charge is -2.19. The molecular weight excluding hydrogens is 261 g/mol. The van der Waals surface area contributed by atoms with Gasteiger partial charge in [-0.05, 0) is 31.5 Å². The first-order valence-corrected chi connectivity index (χ1v) is 6.45. The van der Waals surface area contributed by atoms with Crippen LogP contribution in [0.1, 0.15) is 31.1 Å². The fraction of sp³-hybridized carbons (Fsp3) is 0.429. The van der Waals surface area contributed by atoms with Gasteiger partial charge in [-0.25, -0.2) is 4.39 Å². The number of hydrogen-bond donors (Lipinski definition) is 1. The molecule has 2 aromatic rings. The summed E-state index contributed by atoms with van der Waals surface area (Å²) in [7, 11) is 0. The lowest BCUT2D eigenvalue weighted by Crippen LogP contribution is -2.39. The summed E-state index contributed by atoms with van der Waals surface area (Å²) < 4.78 is 23.3. The van der Waals surface area contributed by atoms with E-state index in [0.717, 1.165) is 5.56 Å². The number of hydrogen-bond acceptors (Lipinski definition) is 5. The van der Waals surface area contributed by atoms with Gasteiger partial charge in [-0.3, -0.25) is 0 Å². The zero-order valence-electron chi connectivity index (χ0n) is 11.6. The van der Waals surface area contributed by atoms with Crippen LogP contribution in [0.25, 0.3) is 0 Å². The minimum Gasteiger partial charge on any atom is -0.379 e.